The normalized spacial score (nSPS) is 27.1. The van der Waals surface area contributed by atoms with Crippen molar-refractivity contribution in [1.29, 1.82) is 0 Å². The van der Waals surface area contributed by atoms with E-state index in [1.54, 1.807) is 11.3 Å². The van der Waals surface area contributed by atoms with Gasteiger partial charge in [0.25, 0.3) is 0 Å². The van der Waals surface area contributed by atoms with Crippen LogP contribution in [0.15, 0.2) is 5.38 Å². The van der Waals surface area contributed by atoms with Crippen LogP contribution >= 0.6 is 11.3 Å². The van der Waals surface area contributed by atoms with Gasteiger partial charge in [0.2, 0.25) is 0 Å². The summed E-state index contributed by atoms with van der Waals surface area (Å²) in [6, 6.07) is 0. The molecule has 1 N–H and O–H groups in total. The van der Waals surface area contributed by atoms with Crippen LogP contribution in [0, 0.1) is 24.2 Å². The summed E-state index contributed by atoms with van der Waals surface area (Å²) in [6.45, 7) is 6.47. The first-order valence-corrected chi connectivity index (χ1v) is 7.39. The summed E-state index contributed by atoms with van der Waals surface area (Å²) >= 11 is 1.64. The van der Waals surface area contributed by atoms with Gasteiger partial charge in [0, 0.05) is 5.38 Å². The third-order valence-electron chi connectivity index (χ3n) is 3.97. The van der Waals surface area contributed by atoms with Gasteiger partial charge in [-0.2, -0.15) is 0 Å². The van der Waals surface area contributed by atoms with E-state index in [0.29, 0.717) is 0 Å². The molecule has 2 atom stereocenters. The molecule has 1 aliphatic carbocycles. The zero-order valence-electron chi connectivity index (χ0n) is 11.3. The van der Waals surface area contributed by atoms with Crippen molar-refractivity contribution in [3.63, 3.8) is 0 Å². The molecule has 0 amide bonds. The lowest BCUT2D eigenvalue weighted by molar-refractivity contribution is -0.146. The van der Waals surface area contributed by atoms with Crippen LogP contribution in [0.1, 0.15) is 43.8 Å². The highest BCUT2D eigenvalue weighted by atomic mass is 32.1. The van der Waals surface area contributed by atoms with E-state index < -0.39 is 5.97 Å². The van der Waals surface area contributed by atoms with Crippen molar-refractivity contribution in [2.24, 2.45) is 17.3 Å². The molecule has 18 heavy (non-hydrogen) atoms. The van der Waals surface area contributed by atoms with Gasteiger partial charge in [0.15, 0.2) is 0 Å². The molecule has 1 heterocycles. The molecule has 4 heteroatoms. The number of aromatic nitrogens is 1. The van der Waals surface area contributed by atoms with Gasteiger partial charge in [-0.25, -0.2) is 4.98 Å². The molecule has 1 saturated carbocycles. The van der Waals surface area contributed by atoms with Gasteiger partial charge in [-0.15, -0.1) is 11.3 Å². The van der Waals surface area contributed by atoms with E-state index in [9.17, 15) is 9.90 Å². The molecular weight excluding hydrogens is 246 g/mol. The zero-order chi connectivity index (χ0) is 13.3. The summed E-state index contributed by atoms with van der Waals surface area (Å²) in [4.78, 5) is 15.8. The Bertz CT molecular complexity index is 439. The van der Waals surface area contributed by atoms with Crippen LogP contribution in [-0.4, -0.2) is 16.1 Å². The number of carbonyl (C=O) groups is 1. The first-order valence-electron chi connectivity index (χ1n) is 6.51. The number of nitrogens with zero attached hydrogens (tertiary/aromatic N) is 1. The summed E-state index contributed by atoms with van der Waals surface area (Å²) in [7, 11) is 0. The van der Waals surface area contributed by atoms with Crippen molar-refractivity contribution in [3.8, 4) is 0 Å². The van der Waals surface area contributed by atoms with Crippen LogP contribution in [0.25, 0.3) is 0 Å². The maximum atomic E-state index is 11.4. The Hall–Kier alpha value is -0.900. The number of carboxylic acids is 1. The Morgan fingerprint density at radius 2 is 2.33 bits per heavy atom. The molecule has 100 valence electrons. The van der Waals surface area contributed by atoms with Gasteiger partial charge in [-0.05, 0) is 43.9 Å². The molecule has 0 radical (unpaired) electrons. The molecule has 0 bridgehead atoms. The van der Waals surface area contributed by atoms with Crippen LogP contribution < -0.4 is 0 Å². The van der Waals surface area contributed by atoms with Crippen LogP contribution in [-0.2, 0) is 11.2 Å². The van der Waals surface area contributed by atoms with Crippen LogP contribution in [0.3, 0.4) is 0 Å². The topological polar surface area (TPSA) is 50.2 Å². The van der Waals surface area contributed by atoms with Gasteiger partial charge in [-0.1, -0.05) is 13.8 Å². The molecule has 1 aromatic heterocycles. The first-order chi connectivity index (χ1) is 8.37. The highest BCUT2D eigenvalue weighted by molar-refractivity contribution is 7.09. The largest absolute Gasteiger partial charge is 0.481 e. The average Bonchev–Trinajstić information content (AvgIpc) is 2.62. The summed E-state index contributed by atoms with van der Waals surface area (Å²) < 4.78 is 0. The Labute approximate surface area is 112 Å². The van der Waals surface area contributed by atoms with Crippen LogP contribution in [0.4, 0.5) is 0 Å². The van der Waals surface area contributed by atoms with Crippen LogP contribution in [0.2, 0.25) is 0 Å². The Balaban J connectivity index is 2.12. The third-order valence-corrected chi connectivity index (χ3v) is 4.79. The molecule has 1 aromatic rings. The number of hydrogen-bond acceptors (Lipinski definition) is 3. The molecule has 0 saturated heterocycles. The van der Waals surface area contributed by atoms with Crippen molar-refractivity contribution in [2.75, 3.05) is 0 Å². The predicted molar refractivity (Wildman–Crippen MR) is 72.8 cm³/mol. The Kier molecular flexibility index (Phi) is 3.76. The van der Waals surface area contributed by atoms with Gasteiger partial charge in [0.05, 0.1) is 16.6 Å². The van der Waals surface area contributed by atoms with E-state index in [0.717, 1.165) is 36.4 Å². The minimum Gasteiger partial charge on any atom is -0.481 e. The van der Waals surface area contributed by atoms with E-state index in [4.69, 9.17) is 0 Å². The maximum absolute atomic E-state index is 11.4. The minimum atomic E-state index is -0.637. The number of hydrogen-bond donors (Lipinski definition) is 1. The Morgan fingerprint density at radius 3 is 2.89 bits per heavy atom. The summed E-state index contributed by atoms with van der Waals surface area (Å²) in [5.74, 6) is -0.602. The smallest absolute Gasteiger partial charge is 0.306 e. The highest BCUT2D eigenvalue weighted by Crippen LogP contribution is 2.43. The summed E-state index contributed by atoms with van der Waals surface area (Å²) in [5.41, 5.74) is 1.33. The number of aryl methyl sites for hydroxylation is 1. The van der Waals surface area contributed by atoms with E-state index in [1.807, 2.05) is 6.92 Å². The molecule has 1 aliphatic rings. The van der Waals surface area contributed by atoms with Gasteiger partial charge in [0.1, 0.15) is 0 Å². The molecule has 2 unspecified atom stereocenters. The summed E-state index contributed by atoms with van der Waals surface area (Å²) in [6.07, 6.45) is 3.61. The molecule has 0 spiro atoms. The van der Waals surface area contributed by atoms with Crippen molar-refractivity contribution >= 4 is 17.3 Å². The molecule has 2 rings (SSSR count). The lowest BCUT2D eigenvalue weighted by atomic mass is 9.66. The van der Waals surface area contributed by atoms with E-state index in [-0.39, 0.29) is 17.3 Å². The third kappa shape index (κ3) is 3.10. The second-order valence-corrected chi connectivity index (χ2v) is 7.24. The SMILES string of the molecule is Cc1nc(CC2CC(C)(C)CCC2C(=O)O)cs1. The zero-order valence-corrected chi connectivity index (χ0v) is 12.1. The lowest BCUT2D eigenvalue weighted by Crippen LogP contribution is -2.35. The second kappa shape index (κ2) is 5.00. The molecule has 1 fully saturated rings. The molecule has 0 aliphatic heterocycles. The number of carboxylic acid groups (broad SMARTS) is 1. The van der Waals surface area contributed by atoms with E-state index in [1.165, 1.54) is 0 Å². The summed E-state index contributed by atoms with van der Waals surface area (Å²) in [5, 5.41) is 12.5. The van der Waals surface area contributed by atoms with Gasteiger partial charge < -0.3 is 5.11 Å². The molecule has 0 aromatic carbocycles. The van der Waals surface area contributed by atoms with Crippen molar-refractivity contribution in [2.45, 2.75) is 46.5 Å². The fraction of sp³-hybridized carbons (Fsp3) is 0.714. The molecular formula is C14H21NO2S. The quantitative estimate of drug-likeness (QED) is 0.911. The number of thiazole rings is 1. The van der Waals surface area contributed by atoms with Crippen molar-refractivity contribution in [3.05, 3.63) is 16.1 Å². The van der Waals surface area contributed by atoms with Gasteiger partial charge >= 0.3 is 5.97 Å². The minimum absolute atomic E-state index is 0.194. The van der Waals surface area contributed by atoms with E-state index in [2.05, 4.69) is 24.2 Å². The van der Waals surface area contributed by atoms with E-state index >= 15 is 0 Å². The van der Waals surface area contributed by atoms with Gasteiger partial charge in [-0.3, -0.25) is 4.79 Å². The number of rotatable bonds is 3. The monoisotopic (exact) mass is 267 g/mol. The fourth-order valence-corrected chi connectivity index (χ4v) is 3.67. The highest BCUT2D eigenvalue weighted by Gasteiger charge is 2.38. The lowest BCUT2D eigenvalue weighted by Gasteiger charge is -2.38. The second-order valence-electron chi connectivity index (χ2n) is 6.17. The maximum Gasteiger partial charge on any atom is 0.306 e. The predicted octanol–water partition coefficient (Wildman–Crippen LogP) is 3.52. The van der Waals surface area contributed by atoms with Crippen molar-refractivity contribution in [1.82, 2.24) is 4.98 Å². The number of aliphatic carboxylic acids is 1. The first kappa shape index (κ1) is 13.5. The Morgan fingerprint density at radius 1 is 1.61 bits per heavy atom. The molecule has 3 nitrogen and oxygen atoms in total. The fourth-order valence-electron chi connectivity index (χ4n) is 3.05. The van der Waals surface area contributed by atoms with Crippen molar-refractivity contribution < 1.29 is 9.90 Å². The standard InChI is InChI=1S/C14H21NO2S/c1-9-15-11(8-18-9)6-10-7-14(2,3)5-4-12(10)13(16)17/h8,10,12H,4-7H2,1-3H3,(H,16,17). The van der Waals surface area contributed by atoms with Crippen LogP contribution in [0.5, 0.6) is 0 Å². The average molecular weight is 267 g/mol.